The Labute approximate surface area is 436 Å². The molecule has 4 rings (SSSR count). The zero-order chi connectivity index (χ0) is 56.7. The fourth-order valence-electron chi connectivity index (χ4n) is 6.03. The number of carbonyl (C=O) groups is 7. The molecule has 0 aliphatic carbocycles. The molecule has 73 heavy (non-hydrogen) atoms. The average Bonchev–Trinajstić information content (AvgIpc) is 3.78. The van der Waals surface area contributed by atoms with Crippen molar-refractivity contribution in [2.24, 2.45) is 0 Å². The lowest BCUT2D eigenvalue weighted by Gasteiger charge is -2.30. The standard InChI is InChI=1S/C19H27ClN4O4.C15H19ClN4O4.C15H27NO5/c1-11(23(8)17(26)28-19(5,6)7)15-12(16(25)27-18(2,3)4)10-21-14-9-13(20)22-24(14)15;1-8(19(5)14(23)24-15(2,3)4)12-9(13(21)22)7-17-11-6-10(16)18-20(11)12;1-10(16(8)13(19)21-15(5,6)7)11(17)9-12(18)20-14(2,3)4/h9-11H,1-8H3;6-8H,1-5H3,(H,21,22);10H,9H2,1-8H3/t11-;8-;10-/m000/s1. The molecule has 22 nitrogen and oxygen atoms in total. The van der Waals surface area contributed by atoms with Crippen molar-refractivity contribution in [3.05, 3.63) is 57.3 Å². The van der Waals surface area contributed by atoms with Gasteiger partial charge in [-0.3, -0.25) is 9.59 Å². The van der Waals surface area contributed by atoms with E-state index in [1.807, 2.05) is 0 Å². The topological polar surface area (TPSA) is 256 Å². The number of carbonyl (C=O) groups excluding carboxylic acids is 6. The fourth-order valence-corrected chi connectivity index (χ4v) is 6.38. The number of ether oxygens (including phenoxy) is 5. The molecule has 3 atom stereocenters. The van der Waals surface area contributed by atoms with E-state index in [-0.39, 0.29) is 33.5 Å². The van der Waals surface area contributed by atoms with E-state index in [4.69, 9.17) is 46.9 Å². The second kappa shape index (κ2) is 24.2. The third-order valence-corrected chi connectivity index (χ3v) is 9.98. The van der Waals surface area contributed by atoms with Crippen LogP contribution < -0.4 is 0 Å². The number of halogens is 2. The summed E-state index contributed by atoms with van der Waals surface area (Å²) in [7, 11) is 4.59. The van der Waals surface area contributed by atoms with Crippen LogP contribution in [0.3, 0.4) is 0 Å². The Hall–Kier alpha value is -6.29. The highest BCUT2D eigenvalue weighted by molar-refractivity contribution is 6.30. The number of aromatic nitrogens is 6. The summed E-state index contributed by atoms with van der Waals surface area (Å²) in [6.07, 6.45) is 0.562. The molecule has 0 radical (unpaired) electrons. The highest BCUT2D eigenvalue weighted by Gasteiger charge is 2.33. The van der Waals surface area contributed by atoms with Gasteiger partial charge in [0.15, 0.2) is 27.4 Å². The molecule has 0 spiro atoms. The summed E-state index contributed by atoms with van der Waals surface area (Å²) in [5.74, 6) is -2.72. The maximum Gasteiger partial charge on any atom is 0.410 e. The lowest BCUT2D eigenvalue weighted by Crippen LogP contribution is -2.44. The number of carboxylic acid groups (broad SMARTS) is 1. The molecule has 0 bridgehead atoms. The summed E-state index contributed by atoms with van der Waals surface area (Å²) < 4.78 is 29.3. The first kappa shape index (κ1) is 62.8. The van der Waals surface area contributed by atoms with E-state index < -0.39 is 88.1 Å². The maximum absolute atomic E-state index is 12.8. The van der Waals surface area contributed by atoms with Crippen molar-refractivity contribution in [3.63, 3.8) is 0 Å². The van der Waals surface area contributed by atoms with Crippen LogP contribution >= 0.6 is 23.2 Å². The largest absolute Gasteiger partial charge is 0.478 e. The van der Waals surface area contributed by atoms with Crippen LogP contribution in [-0.4, -0.2) is 146 Å². The lowest BCUT2D eigenvalue weighted by molar-refractivity contribution is -0.156. The first-order valence-electron chi connectivity index (χ1n) is 23.1. The van der Waals surface area contributed by atoms with Crippen molar-refractivity contribution >= 4 is 76.5 Å². The van der Waals surface area contributed by atoms with E-state index in [2.05, 4.69) is 20.2 Å². The number of amides is 3. The molecule has 1 N–H and O–H groups in total. The van der Waals surface area contributed by atoms with Crippen LogP contribution in [0.25, 0.3) is 11.3 Å². The van der Waals surface area contributed by atoms with Crippen LogP contribution in [0, 0.1) is 0 Å². The summed E-state index contributed by atoms with van der Waals surface area (Å²) in [6, 6.07) is 1.12. The number of Topliss-reactive ketones (excluding diaryl/α,β-unsaturated/α-hetero) is 1. The Kier molecular flexibility index (Phi) is 20.8. The molecule has 0 fully saturated rings. The van der Waals surface area contributed by atoms with Crippen molar-refractivity contribution in [2.75, 3.05) is 21.1 Å². The second-order valence-electron chi connectivity index (χ2n) is 21.9. The Morgan fingerprint density at radius 2 is 0.877 bits per heavy atom. The first-order valence-corrected chi connectivity index (χ1v) is 23.9. The smallest absolute Gasteiger partial charge is 0.410 e. The molecule has 24 heteroatoms. The monoisotopic (exact) mass is 1070 g/mol. The summed E-state index contributed by atoms with van der Waals surface area (Å²) >= 11 is 11.9. The van der Waals surface area contributed by atoms with Gasteiger partial charge in [0, 0.05) is 45.7 Å². The predicted octanol–water partition coefficient (Wildman–Crippen LogP) is 9.82. The third-order valence-electron chi connectivity index (χ3n) is 9.61. The van der Waals surface area contributed by atoms with E-state index in [1.54, 1.807) is 138 Å². The summed E-state index contributed by atoms with van der Waals surface area (Å²) in [4.78, 5) is 96.8. The summed E-state index contributed by atoms with van der Waals surface area (Å²) in [5, 5.41) is 18.1. The van der Waals surface area contributed by atoms with Gasteiger partial charge in [-0.1, -0.05) is 23.2 Å². The van der Waals surface area contributed by atoms with Crippen LogP contribution in [0.5, 0.6) is 0 Å². The highest BCUT2D eigenvalue weighted by atomic mass is 35.5. The molecule has 406 valence electrons. The number of esters is 2. The van der Waals surface area contributed by atoms with Gasteiger partial charge in [0.25, 0.3) is 0 Å². The lowest BCUT2D eigenvalue weighted by atomic mass is 10.1. The molecule has 0 saturated heterocycles. The normalized spacial score (nSPS) is 13.2. The van der Waals surface area contributed by atoms with Gasteiger partial charge >= 0.3 is 36.2 Å². The minimum Gasteiger partial charge on any atom is -0.478 e. The molecule has 3 amide bonds. The van der Waals surface area contributed by atoms with Crippen LogP contribution in [0.15, 0.2) is 24.5 Å². The minimum atomic E-state index is -1.17. The number of fused-ring (bicyclic) bond motifs is 2. The molecule has 0 unspecified atom stereocenters. The Bertz CT molecular complexity index is 2650. The van der Waals surface area contributed by atoms with Gasteiger partial charge in [0.1, 0.15) is 45.6 Å². The number of carboxylic acids is 1. The number of likely N-dealkylation sites (N-methyl/N-ethyl adjacent to an activating group) is 1. The molecule has 0 aliphatic rings. The number of nitrogens with zero attached hydrogens (tertiary/aromatic N) is 9. The number of hydrogen-bond acceptors (Lipinski definition) is 16. The van der Waals surface area contributed by atoms with Crippen molar-refractivity contribution < 1.29 is 62.4 Å². The van der Waals surface area contributed by atoms with Crippen molar-refractivity contribution in [1.29, 1.82) is 0 Å². The molecule has 4 heterocycles. The third kappa shape index (κ3) is 19.6. The van der Waals surface area contributed by atoms with E-state index >= 15 is 0 Å². The predicted molar refractivity (Wildman–Crippen MR) is 272 cm³/mol. The van der Waals surface area contributed by atoms with Gasteiger partial charge in [-0.15, -0.1) is 0 Å². The van der Waals surface area contributed by atoms with Crippen LogP contribution in [0.1, 0.15) is 175 Å². The van der Waals surface area contributed by atoms with E-state index in [9.17, 15) is 38.7 Å². The summed E-state index contributed by atoms with van der Waals surface area (Å²) in [5.41, 5.74) is -1.59. The molecule has 4 aromatic heterocycles. The SMILES string of the molecule is C[C@@H](C(=O)CC(=O)OC(C)(C)C)N(C)C(=O)OC(C)(C)C.C[C@@H](c1c(C(=O)O)cnc2cc(Cl)nn12)N(C)C(=O)OC(C)(C)C.C[C@@H](c1c(C(=O)OC(C)(C)C)cnc2cc(Cl)nn12)N(C)C(=O)OC(C)(C)C. The molecule has 0 aliphatic heterocycles. The minimum absolute atomic E-state index is 0.0647. The second-order valence-corrected chi connectivity index (χ2v) is 22.7. The molecule has 0 aromatic carbocycles. The van der Waals surface area contributed by atoms with E-state index in [0.29, 0.717) is 17.0 Å². The molecular weight excluding hydrogens is 993 g/mol. The van der Waals surface area contributed by atoms with E-state index in [0.717, 1.165) is 0 Å². The van der Waals surface area contributed by atoms with Crippen LogP contribution in [0.4, 0.5) is 14.4 Å². The molecule has 4 aromatic rings. The quantitative estimate of drug-likeness (QED) is 0.0880. The van der Waals surface area contributed by atoms with Crippen molar-refractivity contribution in [2.45, 2.75) is 177 Å². The molecular formula is C49H73Cl2N9O13. The zero-order valence-electron chi connectivity index (χ0n) is 45.9. The van der Waals surface area contributed by atoms with E-state index in [1.165, 1.54) is 56.3 Å². The van der Waals surface area contributed by atoms with Gasteiger partial charge < -0.3 is 43.5 Å². The number of ketones is 1. The van der Waals surface area contributed by atoms with Gasteiger partial charge in [0.05, 0.1) is 29.5 Å². The average molecular weight is 1070 g/mol. The van der Waals surface area contributed by atoms with Gasteiger partial charge in [-0.25, -0.2) is 43.0 Å². The Morgan fingerprint density at radius 3 is 1.22 bits per heavy atom. The Morgan fingerprint density at radius 1 is 0.548 bits per heavy atom. The molecule has 0 saturated carbocycles. The summed E-state index contributed by atoms with van der Waals surface area (Å²) in [6.45, 7) is 31.4. The van der Waals surface area contributed by atoms with Gasteiger partial charge in [-0.05, 0) is 125 Å². The van der Waals surface area contributed by atoms with Gasteiger partial charge in [-0.2, -0.15) is 10.2 Å². The van der Waals surface area contributed by atoms with Crippen molar-refractivity contribution in [1.82, 2.24) is 43.9 Å². The number of aromatic carboxylic acids is 1. The Balaban J connectivity index is 0.000000380. The maximum atomic E-state index is 12.8. The van der Waals surface area contributed by atoms with Crippen LogP contribution in [0.2, 0.25) is 10.3 Å². The highest BCUT2D eigenvalue weighted by Crippen LogP contribution is 2.29. The number of hydrogen-bond donors (Lipinski definition) is 1. The zero-order valence-corrected chi connectivity index (χ0v) is 47.4. The number of rotatable bonds is 10. The first-order chi connectivity index (χ1) is 32.9. The van der Waals surface area contributed by atoms with Crippen molar-refractivity contribution in [3.8, 4) is 0 Å². The fraction of sp³-hybridized carbons (Fsp3) is 0.612. The van der Waals surface area contributed by atoms with Crippen LogP contribution in [-0.2, 0) is 33.3 Å². The van der Waals surface area contributed by atoms with Gasteiger partial charge in [0.2, 0.25) is 0 Å².